The van der Waals surface area contributed by atoms with Crippen molar-refractivity contribution in [2.24, 2.45) is 5.41 Å². The number of ether oxygens (including phenoxy) is 2. The summed E-state index contributed by atoms with van der Waals surface area (Å²) in [6.45, 7) is 6.97. The van der Waals surface area contributed by atoms with Gasteiger partial charge in [0.25, 0.3) is 0 Å². The smallest absolute Gasteiger partial charge is 0.0707 e. The van der Waals surface area contributed by atoms with Crippen molar-refractivity contribution in [1.82, 2.24) is 5.32 Å². The SMILES string of the molecule is CC1(CC2CNCCO2)COC1. The summed E-state index contributed by atoms with van der Waals surface area (Å²) in [5, 5.41) is 3.34. The Balaban J connectivity index is 1.77. The highest BCUT2D eigenvalue weighted by molar-refractivity contribution is 4.85. The highest BCUT2D eigenvalue weighted by Crippen LogP contribution is 2.32. The molecule has 0 aromatic carbocycles. The Morgan fingerprint density at radius 3 is 2.83 bits per heavy atom. The maximum absolute atomic E-state index is 5.63. The Kier molecular flexibility index (Phi) is 2.35. The second-order valence-corrected chi connectivity index (χ2v) is 4.20. The van der Waals surface area contributed by atoms with E-state index in [1.54, 1.807) is 0 Å². The van der Waals surface area contributed by atoms with E-state index in [1.807, 2.05) is 0 Å². The van der Waals surface area contributed by atoms with Crippen LogP contribution in [0.15, 0.2) is 0 Å². The van der Waals surface area contributed by atoms with Gasteiger partial charge in [0.15, 0.2) is 0 Å². The molecule has 0 aromatic heterocycles. The molecule has 0 bridgehead atoms. The van der Waals surface area contributed by atoms with E-state index >= 15 is 0 Å². The van der Waals surface area contributed by atoms with Crippen molar-refractivity contribution in [2.45, 2.75) is 19.4 Å². The molecule has 2 heterocycles. The van der Waals surface area contributed by atoms with Crippen LogP contribution in [0, 0.1) is 5.41 Å². The molecule has 1 atom stereocenters. The first kappa shape index (κ1) is 8.48. The zero-order chi connectivity index (χ0) is 8.44. The van der Waals surface area contributed by atoms with Gasteiger partial charge in [0, 0.05) is 18.5 Å². The number of hydrogen-bond acceptors (Lipinski definition) is 3. The standard InChI is InChI=1S/C9H17NO2/c1-9(6-11-7-9)4-8-5-10-2-3-12-8/h8,10H,2-7H2,1H3. The Morgan fingerprint density at radius 1 is 1.50 bits per heavy atom. The maximum atomic E-state index is 5.63. The minimum absolute atomic E-state index is 0.393. The number of hydrogen-bond donors (Lipinski definition) is 1. The van der Waals surface area contributed by atoms with E-state index in [2.05, 4.69) is 12.2 Å². The van der Waals surface area contributed by atoms with E-state index in [4.69, 9.17) is 9.47 Å². The van der Waals surface area contributed by atoms with Crippen molar-refractivity contribution in [1.29, 1.82) is 0 Å². The molecule has 3 heteroatoms. The fraction of sp³-hybridized carbons (Fsp3) is 1.00. The fourth-order valence-electron chi connectivity index (χ4n) is 1.87. The highest BCUT2D eigenvalue weighted by atomic mass is 16.5. The normalized spacial score (nSPS) is 34.2. The van der Waals surface area contributed by atoms with E-state index in [0.29, 0.717) is 11.5 Å². The van der Waals surface area contributed by atoms with E-state index in [9.17, 15) is 0 Å². The molecule has 2 rings (SSSR count). The van der Waals surface area contributed by atoms with Crippen LogP contribution in [-0.4, -0.2) is 39.0 Å². The summed E-state index contributed by atoms with van der Waals surface area (Å²) < 4.78 is 10.8. The molecule has 2 saturated heterocycles. The Labute approximate surface area is 73.4 Å². The molecule has 0 amide bonds. The Hall–Kier alpha value is -0.120. The minimum Gasteiger partial charge on any atom is -0.380 e. The van der Waals surface area contributed by atoms with Gasteiger partial charge in [0.05, 0.1) is 25.9 Å². The van der Waals surface area contributed by atoms with Crippen LogP contribution in [0.5, 0.6) is 0 Å². The van der Waals surface area contributed by atoms with Crippen molar-refractivity contribution < 1.29 is 9.47 Å². The van der Waals surface area contributed by atoms with E-state index in [-0.39, 0.29) is 0 Å². The van der Waals surface area contributed by atoms with Crippen molar-refractivity contribution in [3.63, 3.8) is 0 Å². The van der Waals surface area contributed by atoms with Gasteiger partial charge in [-0.3, -0.25) is 0 Å². The van der Waals surface area contributed by atoms with Gasteiger partial charge in [-0.25, -0.2) is 0 Å². The lowest BCUT2D eigenvalue weighted by Crippen LogP contribution is -2.47. The molecular weight excluding hydrogens is 154 g/mol. The van der Waals surface area contributed by atoms with Gasteiger partial charge in [-0.15, -0.1) is 0 Å². The maximum Gasteiger partial charge on any atom is 0.0707 e. The molecule has 2 fully saturated rings. The third-order valence-electron chi connectivity index (χ3n) is 2.63. The molecule has 1 N–H and O–H groups in total. The summed E-state index contributed by atoms with van der Waals surface area (Å²) in [6.07, 6.45) is 1.55. The van der Waals surface area contributed by atoms with E-state index in [1.165, 1.54) is 0 Å². The molecule has 2 aliphatic rings. The zero-order valence-corrected chi connectivity index (χ0v) is 7.64. The van der Waals surface area contributed by atoms with Crippen molar-refractivity contribution in [2.75, 3.05) is 32.9 Å². The van der Waals surface area contributed by atoms with Crippen LogP contribution < -0.4 is 5.32 Å². The van der Waals surface area contributed by atoms with Crippen LogP contribution in [0.4, 0.5) is 0 Å². The molecule has 0 aliphatic carbocycles. The first-order valence-corrected chi connectivity index (χ1v) is 4.69. The van der Waals surface area contributed by atoms with Crippen molar-refractivity contribution in [3.05, 3.63) is 0 Å². The van der Waals surface area contributed by atoms with Gasteiger partial charge < -0.3 is 14.8 Å². The number of rotatable bonds is 2. The van der Waals surface area contributed by atoms with Crippen LogP contribution in [-0.2, 0) is 9.47 Å². The average Bonchev–Trinajstić information content (AvgIpc) is 2.04. The van der Waals surface area contributed by atoms with Gasteiger partial charge in [-0.2, -0.15) is 0 Å². The second kappa shape index (κ2) is 3.32. The van der Waals surface area contributed by atoms with Gasteiger partial charge in [0.1, 0.15) is 0 Å². The van der Waals surface area contributed by atoms with Crippen LogP contribution in [0.25, 0.3) is 0 Å². The number of morpholine rings is 1. The summed E-state index contributed by atoms with van der Waals surface area (Å²) in [6, 6.07) is 0. The lowest BCUT2D eigenvalue weighted by atomic mass is 9.82. The molecule has 0 spiro atoms. The molecule has 3 nitrogen and oxygen atoms in total. The summed E-state index contributed by atoms with van der Waals surface area (Å²) in [5.74, 6) is 0. The van der Waals surface area contributed by atoms with Gasteiger partial charge in [0.2, 0.25) is 0 Å². The van der Waals surface area contributed by atoms with Gasteiger partial charge >= 0.3 is 0 Å². The fourth-order valence-corrected chi connectivity index (χ4v) is 1.87. The zero-order valence-electron chi connectivity index (χ0n) is 7.64. The molecule has 70 valence electrons. The van der Waals surface area contributed by atoms with E-state index in [0.717, 1.165) is 39.3 Å². The Morgan fingerprint density at radius 2 is 2.33 bits per heavy atom. The van der Waals surface area contributed by atoms with Gasteiger partial charge in [-0.05, 0) is 6.42 Å². The lowest BCUT2D eigenvalue weighted by molar-refractivity contribution is -0.130. The molecule has 2 aliphatic heterocycles. The summed E-state index contributed by atoms with van der Waals surface area (Å²) in [5.41, 5.74) is 0.393. The third kappa shape index (κ3) is 1.79. The summed E-state index contributed by atoms with van der Waals surface area (Å²) in [4.78, 5) is 0. The second-order valence-electron chi connectivity index (χ2n) is 4.20. The van der Waals surface area contributed by atoms with E-state index < -0.39 is 0 Å². The largest absolute Gasteiger partial charge is 0.380 e. The lowest BCUT2D eigenvalue weighted by Gasteiger charge is -2.41. The molecular formula is C9H17NO2. The van der Waals surface area contributed by atoms with Crippen molar-refractivity contribution >= 4 is 0 Å². The Bertz CT molecular complexity index is 151. The molecule has 12 heavy (non-hydrogen) atoms. The first-order chi connectivity index (χ1) is 5.79. The molecule has 0 radical (unpaired) electrons. The topological polar surface area (TPSA) is 30.5 Å². The number of nitrogens with one attached hydrogen (secondary N) is 1. The summed E-state index contributed by atoms with van der Waals surface area (Å²) >= 11 is 0. The van der Waals surface area contributed by atoms with Crippen molar-refractivity contribution in [3.8, 4) is 0 Å². The third-order valence-corrected chi connectivity index (χ3v) is 2.63. The van der Waals surface area contributed by atoms with Crippen LogP contribution in [0.2, 0.25) is 0 Å². The predicted octanol–water partition coefficient (Wildman–Crippen LogP) is 0.401. The summed E-state index contributed by atoms with van der Waals surface area (Å²) in [7, 11) is 0. The average molecular weight is 171 g/mol. The monoisotopic (exact) mass is 171 g/mol. The van der Waals surface area contributed by atoms with Gasteiger partial charge in [-0.1, -0.05) is 6.92 Å². The highest BCUT2D eigenvalue weighted by Gasteiger charge is 2.36. The molecule has 0 saturated carbocycles. The molecule has 1 unspecified atom stereocenters. The molecule has 0 aromatic rings. The quantitative estimate of drug-likeness (QED) is 0.652. The van der Waals surface area contributed by atoms with Crippen LogP contribution in [0.1, 0.15) is 13.3 Å². The first-order valence-electron chi connectivity index (χ1n) is 4.69. The predicted molar refractivity (Wildman–Crippen MR) is 46.2 cm³/mol. The minimum atomic E-state index is 0.393. The van der Waals surface area contributed by atoms with Crippen LogP contribution >= 0.6 is 0 Å². The van der Waals surface area contributed by atoms with Crippen LogP contribution in [0.3, 0.4) is 0 Å².